The van der Waals surface area contributed by atoms with Gasteiger partial charge < -0.3 is 73.7 Å². The second kappa shape index (κ2) is 13.3. The predicted octanol–water partition coefficient (Wildman–Crippen LogP) is -1.20. The van der Waals surface area contributed by atoms with E-state index in [1.807, 2.05) is 0 Å². The quantitative estimate of drug-likeness (QED) is 0.133. The molecule has 2 aromatic carbocycles. The van der Waals surface area contributed by atoms with Crippen LogP contribution in [0.3, 0.4) is 0 Å². The first kappa shape index (κ1) is 33.2. The average molecular weight is 653 g/mol. The Hall–Kier alpha value is -4.20. The number of phenols is 3. The Morgan fingerprint density at radius 2 is 1.67 bits per heavy atom. The van der Waals surface area contributed by atoms with Crippen molar-refractivity contribution in [3.05, 3.63) is 40.6 Å². The number of hydrogen-bond donors (Lipinski definition) is 8. The summed E-state index contributed by atoms with van der Waals surface area (Å²) < 4.78 is 38.3. The maximum Gasteiger partial charge on any atom is 0.303 e. The minimum atomic E-state index is -1.96. The summed E-state index contributed by atoms with van der Waals surface area (Å²) in [6.07, 6.45) is -14.9. The summed E-state index contributed by atoms with van der Waals surface area (Å²) in [4.78, 5) is 25.3. The van der Waals surface area contributed by atoms with Crippen molar-refractivity contribution in [2.24, 2.45) is 0 Å². The number of methoxy groups -OCH3 is 1. The van der Waals surface area contributed by atoms with E-state index in [1.54, 1.807) is 0 Å². The van der Waals surface area contributed by atoms with Crippen LogP contribution in [-0.4, -0.2) is 122 Å². The maximum absolute atomic E-state index is 13.7. The molecule has 1 aromatic heterocycles. The zero-order valence-electron chi connectivity index (χ0n) is 24.2. The smallest absolute Gasteiger partial charge is 0.303 e. The van der Waals surface area contributed by atoms with Gasteiger partial charge in [0.2, 0.25) is 17.5 Å². The molecule has 0 bridgehead atoms. The molecular weight excluding hydrogens is 620 g/mol. The molecule has 2 aliphatic heterocycles. The minimum absolute atomic E-state index is 0.0238. The van der Waals surface area contributed by atoms with E-state index in [4.69, 9.17) is 32.8 Å². The minimum Gasteiger partial charge on any atom is -0.508 e. The zero-order chi connectivity index (χ0) is 33.4. The third kappa shape index (κ3) is 6.39. The summed E-state index contributed by atoms with van der Waals surface area (Å²) in [5.74, 6) is -3.15. The Kier molecular flexibility index (Phi) is 9.57. The van der Waals surface area contributed by atoms with Gasteiger partial charge in [-0.25, -0.2) is 0 Å². The molecule has 46 heavy (non-hydrogen) atoms. The summed E-state index contributed by atoms with van der Waals surface area (Å²) in [6, 6.07) is 5.80. The van der Waals surface area contributed by atoms with Crippen LogP contribution in [-0.2, 0) is 23.7 Å². The molecule has 5 rings (SSSR count). The average Bonchev–Trinajstić information content (AvgIpc) is 3.00. The van der Waals surface area contributed by atoms with E-state index in [9.17, 15) is 50.4 Å². The van der Waals surface area contributed by atoms with Crippen LogP contribution in [0.4, 0.5) is 0 Å². The Morgan fingerprint density at radius 3 is 2.37 bits per heavy atom. The molecule has 0 spiro atoms. The number of fused-ring (bicyclic) bond motifs is 1. The van der Waals surface area contributed by atoms with E-state index < -0.39 is 103 Å². The molecule has 8 N–H and O–H groups in total. The lowest BCUT2D eigenvalue weighted by Crippen LogP contribution is -2.61. The van der Waals surface area contributed by atoms with Crippen molar-refractivity contribution in [3.8, 4) is 40.1 Å². The van der Waals surface area contributed by atoms with E-state index in [0.29, 0.717) is 0 Å². The van der Waals surface area contributed by atoms with Gasteiger partial charge in [-0.05, 0) is 18.2 Å². The van der Waals surface area contributed by atoms with Gasteiger partial charge in [0, 0.05) is 24.6 Å². The Morgan fingerprint density at radius 1 is 0.935 bits per heavy atom. The monoisotopic (exact) mass is 652 g/mol. The number of hydrogen-bond acceptors (Lipinski definition) is 17. The molecule has 250 valence electrons. The molecule has 9 atom stereocenters. The highest BCUT2D eigenvalue weighted by Gasteiger charge is 2.48. The van der Waals surface area contributed by atoms with Crippen LogP contribution in [0.5, 0.6) is 28.7 Å². The van der Waals surface area contributed by atoms with Gasteiger partial charge in [-0.1, -0.05) is 0 Å². The largest absolute Gasteiger partial charge is 0.508 e. The number of esters is 1. The van der Waals surface area contributed by atoms with Gasteiger partial charge in [0.25, 0.3) is 0 Å². The predicted molar refractivity (Wildman–Crippen MR) is 150 cm³/mol. The van der Waals surface area contributed by atoms with E-state index >= 15 is 0 Å². The van der Waals surface area contributed by atoms with Crippen LogP contribution in [0.2, 0.25) is 0 Å². The van der Waals surface area contributed by atoms with E-state index in [1.165, 1.54) is 25.3 Å². The lowest BCUT2D eigenvalue weighted by Gasteiger charge is -2.41. The Labute approximate surface area is 258 Å². The van der Waals surface area contributed by atoms with Gasteiger partial charge in [-0.3, -0.25) is 9.59 Å². The Balaban J connectivity index is 1.48. The molecule has 0 saturated carbocycles. The van der Waals surface area contributed by atoms with Crippen molar-refractivity contribution in [2.75, 3.05) is 20.3 Å². The van der Waals surface area contributed by atoms with Crippen LogP contribution < -0.4 is 14.9 Å². The normalized spacial score (nSPS) is 29.8. The molecule has 17 nitrogen and oxygen atoms in total. The van der Waals surface area contributed by atoms with Crippen LogP contribution in [0, 0.1) is 0 Å². The van der Waals surface area contributed by atoms with Crippen molar-refractivity contribution >= 4 is 16.9 Å². The number of carbonyl (C=O) groups is 1. The number of rotatable bonds is 8. The Bertz CT molecular complexity index is 1640. The van der Waals surface area contributed by atoms with E-state index in [-0.39, 0.29) is 28.4 Å². The van der Waals surface area contributed by atoms with E-state index in [0.717, 1.165) is 19.1 Å². The van der Waals surface area contributed by atoms with E-state index in [2.05, 4.69) is 0 Å². The first-order chi connectivity index (χ1) is 21.8. The van der Waals surface area contributed by atoms with Crippen LogP contribution in [0.15, 0.2) is 39.5 Å². The summed E-state index contributed by atoms with van der Waals surface area (Å²) in [7, 11) is 1.28. The fraction of sp³-hybridized carbons (Fsp3) is 0.448. The van der Waals surface area contributed by atoms with Gasteiger partial charge in [-0.2, -0.15) is 0 Å². The maximum atomic E-state index is 13.7. The second-order valence-corrected chi connectivity index (χ2v) is 10.6. The van der Waals surface area contributed by atoms with Crippen molar-refractivity contribution in [2.45, 2.75) is 62.2 Å². The second-order valence-electron chi connectivity index (χ2n) is 10.6. The summed E-state index contributed by atoms with van der Waals surface area (Å²) in [5.41, 5.74) is -1.15. The molecule has 0 radical (unpaired) electrons. The number of aliphatic hydroxyl groups is 5. The highest BCUT2D eigenvalue weighted by atomic mass is 16.7. The number of aliphatic hydroxyl groups excluding tert-OH is 5. The SMILES string of the molecule is COc1cc(-c2oc3cc(O)cc(O)c3c(=O)c2O[C@@H]2OC(CO[C@@H]3OCC(O)[C@H](O)C3OC(C)=O)[C@@H](O)[C@H](O)C2O)ccc1O. The molecule has 0 aliphatic carbocycles. The topological polar surface area (TPSA) is 264 Å². The molecule has 17 heteroatoms. The first-order valence-corrected chi connectivity index (χ1v) is 13.8. The van der Waals surface area contributed by atoms with Crippen molar-refractivity contribution in [3.63, 3.8) is 0 Å². The van der Waals surface area contributed by atoms with Crippen LogP contribution >= 0.6 is 0 Å². The van der Waals surface area contributed by atoms with Crippen LogP contribution in [0.1, 0.15) is 6.92 Å². The molecule has 2 aliphatic rings. The summed E-state index contributed by atoms with van der Waals surface area (Å²) in [5, 5.41) is 82.3. The number of phenolic OH excluding ortho intramolecular Hbond substituents is 3. The molecular formula is C29H32O17. The molecule has 3 heterocycles. The molecule has 3 aromatic rings. The molecule has 2 fully saturated rings. The standard InChI is InChI=1S/C29H32O17/c1-10(30)43-27-20(35)15(34)8-41-29(27)42-9-18-21(36)23(38)24(39)28(45-18)46-26-22(37)19-14(33)6-12(31)7-17(19)44-25(26)11-3-4-13(32)16(5-11)40-2/h3-7,15,18,20-21,23-24,27-29,31-36,38-39H,8-9H2,1-2H3/t15?,18?,20-,21+,23-,24?,27?,28-,29-/m0/s1. The molecule has 0 amide bonds. The van der Waals surface area contributed by atoms with Gasteiger partial charge in [0.1, 0.15) is 59.1 Å². The summed E-state index contributed by atoms with van der Waals surface area (Å²) >= 11 is 0. The number of carbonyl (C=O) groups excluding carboxylic acids is 1. The fourth-order valence-electron chi connectivity index (χ4n) is 5.07. The number of aromatic hydroxyl groups is 3. The van der Waals surface area contributed by atoms with Gasteiger partial charge in [-0.15, -0.1) is 0 Å². The van der Waals surface area contributed by atoms with Gasteiger partial charge >= 0.3 is 5.97 Å². The lowest BCUT2D eigenvalue weighted by molar-refractivity contribution is -0.309. The first-order valence-electron chi connectivity index (χ1n) is 13.8. The summed E-state index contributed by atoms with van der Waals surface area (Å²) in [6.45, 7) is 0.0646. The van der Waals surface area contributed by atoms with Gasteiger partial charge in [0.15, 0.2) is 29.7 Å². The van der Waals surface area contributed by atoms with Crippen molar-refractivity contribution < 1.29 is 78.5 Å². The third-order valence-corrected chi connectivity index (χ3v) is 7.42. The highest BCUT2D eigenvalue weighted by molar-refractivity contribution is 5.88. The van der Waals surface area contributed by atoms with Gasteiger partial charge in [0.05, 0.1) is 20.3 Å². The number of benzene rings is 2. The van der Waals surface area contributed by atoms with Crippen molar-refractivity contribution in [1.82, 2.24) is 0 Å². The van der Waals surface area contributed by atoms with Crippen LogP contribution in [0.25, 0.3) is 22.3 Å². The molecule has 2 saturated heterocycles. The highest BCUT2D eigenvalue weighted by Crippen LogP contribution is 2.39. The lowest BCUT2D eigenvalue weighted by atomic mass is 9.99. The fourth-order valence-corrected chi connectivity index (χ4v) is 5.07. The zero-order valence-corrected chi connectivity index (χ0v) is 24.2. The molecule has 4 unspecified atom stereocenters. The third-order valence-electron chi connectivity index (χ3n) is 7.42. The number of ether oxygens (including phenoxy) is 6. The van der Waals surface area contributed by atoms with Crippen molar-refractivity contribution in [1.29, 1.82) is 0 Å².